The van der Waals surface area contributed by atoms with E-state index in [2.05, 4.69) is 4.98 Å². The van der Waals surface area contributed by atoms with Gasteiger partial charge in [-0.15, -0.1) is 0 Å². The minimum absolute atomic E-state index is 0.0680. The number of carbonyl (C=O) groups is 1. The van der Waals surface area contributed by atoms with Crippen LogP contribution in [0.5, 0.6) is 0 Å². The number of nitrogens with zero attached hydrogens (tertiary/aromatic N) is 2. The quantitative estimate of drug-likeness (QED) is 0.389. The highest BCUT2D eigenvalue weighted by Gasteiger charge is 2.43. The van der Waals surface area contributed by atoms with E-state index in [4.69, 9.17) is 9.94 Å². The Morgan fingerprint density at radius 3 is 2.44 bits per heavy atom. The summed E-state index contributed by atoms with van der Waals surface area (Å²) < 4.78 is 28.7. The lowest BCUT2D eigenvalue weighted by molar-refractivity contribution is -0.131. The van der Waals surface area contributed by atoms with E-state index in [1.165, 1.54) is 23.3 Å². The summed E-state index contributed by atoms with van der Waals surface area (Å²) in [4.78, 5) is 29.2. The Morgan fingerprint density at radius 2 is 1.84 bits per heavy atom. The van der Waals surface area contributed by atoms with Gasteiger partial charge < -0.3 is 4.74 Å². The summed E-state index contributed by atoms with van der Waals surface area (Å²) in [6.07, 6.45) is 2.03. The molecule has 0 saturated carbocycles. The van der Waals surface area contributed by atoms with Crippen LogP contribution in [0.1, 0.15) is 18.9 Å². The maximum absolute atomic E-state index is 12.9. The largest absolute Gasteiger partial charge is 0.380 e. The normalized spacial score (nSPS) is 13.6. The summed E-state index contributed by atoms with van der Waals surface area (Å²) in [6.45, 7) is 1.66. The lowest BCUT2D eigenvalue weighted by atomic mass is 10.0. The zero-order valence-corrected chi connectivity index (χ0v) is 18.8. The molecule has 2 N–H and O–H groups in total. The van der Waals surface area contributed by atoms with Crippen molar-refractivity contribution in [2.75, 3.05) is 13.4 Å². The van der Waals surface area contributed by atoms with Crippen molar-refractivity contribution in [2.24, 2.45) is 0 Å². The second-order valence-corrected chi connectivity index (χ2v) is 10.2. The number of sulfone groups is 1. The first-order chi connectivity index (χ1) is 15.1. The minimum atomic E-state index is -3.86. The smallest absolute Gasteiger partial charge is 0.264 e. The third-order valence-corrected chi connectivity index (χ3v) is 7.68. The van der Waals surface area contributed by atoms with E-state index < -0.39 is 20.5 Å². The second kappa shape index (κ2) is 9.19. The van der Waals surface area contributed by atoms with Crippen molar-refractivity contribution in [1.82, 2.24) is 15.0 Å². The molecular formula is C22H25N3O6S. The molecule has 0 aliphatic heterocycles. The molecule has 0 aliphatic carbocycles. The zero-order chi connectivity index (χ0) is 23.5. The van der Waals surface area contributed by atoms with E-state index >= 15 is 0 Å². The number of aromatic nitrogens is 2. The zero-order valence-electron chi connectivity index (χ0n) is 18.0. The predicted molar refractivity (Wildman–Crippen MR) is 120 cm³/mol. The molecule has 0 aliphatic rings. The third kappa shape index (κ3) is 4.57. The first-order valence-corrected chi connectivity index (χ1v) is 11.7. The molecule has 32 heavy (non-hydrogen) atoms. The topological polar surface area (TPSA) is 128 Å². The van der Waals surface area contributed by atoms with Gasteiger partial charge in [0.25, 0.3) is 11.5 Å². The van der Waals surface area contributed by atoms with Crippen LogP contribution < -0.4 is 11.0 Å². The first-order valence-electron chi connectivity index (χ1n) is 9.82. The number of hydrogen-bond donors (Lipinski definition) is 2. The monoisotopic (exact) mass is 459 g/mol. The SMILES string of the molecule is COCc1ccc(-c2ccc3c(=O)n(CC[C@](C)(C(=O)NO)S(C)(=O)=O)cnc3c2)cc1. The molecule has 170 valence electrons. The Labute approximate surface area is 185 Å². The summed E-state index contributed by atoms with van der Waals surface area (Å²) in [5, 5.41) is 9.31. The van der Waals surface area contributed by atoms with Gasteiger partial charge in [-0.05, 0) is 42.2 Å². The number of benzene rings is 2. The molecule has 3 aromatic rings. The van der Waals surface area contributed by atoms with E-state index in [1.54, 1.807) is 13.2 Å². The molecule has 9 nitrogen and oxygen atoms in total. The highest BCUT2D eigenvalue weighted by atomic mass is 32.2. The summed E-state index contributed by atoms with van der Waals surface area (Å²) in [5.74, 6) is -1.05. The van der Waals surface area contributed by atoms with Crippen LogP contribution in [0, 0.1) is 0 Å². The van der Waals surface area contributed by atoms with Crippen molar-refractivity contribution >= 4 is 26.6 Å². The van der Waals surface area contributed by atoms with Crippen molar-refractivity contribution in [1.29, 1.82) is 0 Å². The summed E-state index contributed by atoms with van der Waals surface area (Å²) in [7, 11) is -2.22. The van der Waals surface area contributed by atoms with Gasteiger partial charge in [0.15, 0.2) is 14.6 Å². The average Bonchev–Trinajstić information content (AvgIpc) is 2.77. The standard InChI is InChI=1S/C22H25N3O6S/c1-22(21(27)24-28,32(3,29)30)10-11-25-14-23-19-12-17(8-9-18(19)20(25)26)16-6-4-15(5-7-16)13-31-2/h4-9,12,14,28H,10-11,13H2,1-3H3,(H,24,27)/t22-/m1/s1. The van der Waals surface area contributed by atoms with Crippen LogP contribution in [0.2, 0.25) is 0 Å². The van der Waals surface area contributed by atoms with Crippen molar-refractivity contribution in [3.8, 4) is 11.1 Å². The molecule has 1 heterocycles. The number of fused-ring (bicyclic) bond motifs is 1. The Morgan fingerprint density at radius 1 is 1.19 bits per heavy atom. The molecule has 0 bridgehead atoms. The molecule has 2 aromatic carbocycles. The Bertz CT molecular complexity index is 1300. The number of carbonyl (C=O) groups excluding carboxylic acids is 1. The molecule has 3 rings (SSSR count). The molecular weight excluding hydrogens is 434 g/mol. The van der Waals surface area contributed by atoms with E-state index in [1.807, 2.05) is 36.4 Å². The number of hydroxylamine groups is 1. The summed E-state index contributed by atoms with van der Waals surface area (Å²) in [5.41, 5.74) is 4.47. The van der Waals surface area contributed by atoms with Gasteiger partial charge in [-0.2, -0.15) is 0 Å². The highest BCUT2D eigenvalue weighted by Crippen LogP contribution is 2.24. The van der Waals surface area contributed by atoms with Gasteiger partial charge in [-0.3, -0.25) is 19.4 Å². The fraction of sp³-hybridized carbons (Fsp3) is 0.318. The molecule has 1 atom stereocenters. The van der Waals surface area contributed by atoms with E-state index in [0.717, 1.165) is 22.9 Å². The van der Waals surface area contributed by atoms with E-state index in [9.17, 15) is 18.0 Å². The minimum Gasteiger partial charge on any atom is -0.380 e. The van der Waals surface area contributed by atoms with E-state index in [0.29, 0.717) is 17.5 Å². The number of amides is 1. The molecule has 10 heteroatoms. The van der Waals surface area contributed by atoms with Gasteiger partial charge in [-0.1, -0.05) is 30.3 Å². The van der Waals surface area contributed by atoms with Gasteiger partial charge >= 0.3 is 0 Å². The Balaban J connectivity index is 1.90. The summed E-state index contributed by atoms with van der Waals surface area (Å²) >= 11 is 0. The first kappa shape index (κ1) is 23.6. The second-order valence-electron chi connectivity index (χ2n) is 7.80. The summed E-state index contributed by atoms with van der Waals surface area (Å²) in [6, 6.07) is 13.2. The molecule has 1 amide bonds. The lowest BCUT2D eigenvalue weighted by Crippen LogP contribution is -2.50. The Hall–Kier alpha value is -3.08. The highest BCUT2D eigenvalue weighted by molar-refractivity contribution is 7.92. The van der Waals surface area contributed by atoms with Gasteiger partial charge in [-0.25, -0.2) is 18.9 Å². The number of hydrogen-bond acceptors (Lipinski definition) is 7. The van der Waals surface area contributed by atoms with Crippen LogP contribution in [0.25, 0.3) is 22.0 Å². The molecule has 0 unspecified atom stereocenters. The fourth-order valence-electron chi connectivity index (χ4n) is 3.38. The maximum atomic E-state index is 12.9. The van der Waals surface area contributed by atoms with Gasteiger partial charge in [0.1, 0.15) is 0 Å². The van der Waals surface area contributed by atoms with Crippen LogP contribution in [-0.2, 0) is 32.5 Å². The molecule has 0 spiro atoms. The number of aryl methyl sites for hydroxylation is 1. The number of nitrogens with one attached hydrogen (secondary N) is 1. The number of ether oxygens (including phenoxy) is 1. The molecule has 0 saturated heterocycles. The van der Waals surface area contributed by atoms with Crippen molar-refractivity contribution in [3.63, 3.8) is 0 Å². The molecule has 0 fully saturated rings. The van der Waals surface area contributed by atoms with Crippen molar-refractivity contribution < 1.29 is 23.2 Å². The van der Waals surface area contributed by atoms with Gasteiger partial charge in [0.05, 0.1) is 23.8 Å². The Kier molecular flexibility index (Phi) is 6.77. The third-order valence-electron chi connectivity index (χ3n) is 5.65. The lowest BCUT2D eigenvalue weighted by Gasteiger charge is -2.25. The molecule has 1 aromatic heterocycles. The van der Waals surface area contributed by atoms with Crippen LogP contribution >= 0.6 is 0 Å². The van der Waals surface area contributed by atoms with E-state index in [-0.39, 0.29) is 18.5 Å². The molecule has 0 radical (unpaired) electrons. The van der Waals surface area contributed by atoms with Crippen molar-refractivity contribution in [2.45, 2.75) is 31.2 Å². The number of methoxy groups -OCH3 is 1. The number of rotatable bonds is 8. The van der Waals surface area contributed by atoms with Gasteiger partial charge in [0.2, 0.25) is 0 Å². The fourth-order valence-corrected chi connectivity index (χ4v) is 4.22. The van der Waals surface area contributed by atoms with Gasteiger partial charge in [0, 0.05) is 19.9 Å². The van der Waals surface area contributed by atoms with Crippen LogP contribution in [-0.4, -0.2) is 47.2 Å². The predicted octanol–water partition coefficient (Wildman–Crippen LogP) is 1.91. The average molecular weight is 460 g/mol. The van der Waals surface area contributed by atoms with Crippen LogP contribution in [0.4, 0.5) is 0 Å². The maximum Gasteiger partial charge on any atom is 0.264 e. The van der Waals surface area contributed by atoms with Crippen molar-refractivity contribution in [3.05, 3.63) is 64.7 Å². The van der Waals surface area contributed by atoms with Crippen LogP contribution in [0.15, 0.2) is 53.6 Å². The van der Waals surface area contributed by atoms with Crippen LogP contribution in [0.3, 0.4) is 0 Å².